The topological polar surface area (TPSA) is 46.9 Å². The summed E-state index contributed by atoms with van der Waals surface area (Å²) < 4.78 is 15.6. The number of imidazole rings is 1. The third-order valence-electron chi connectivity index (χ3n) is 2.75. The molecule has 0 aliphatic heterocycles. The summed E-state index contributed by atoms with van der Waals surface area (Å²) in [5, 5.41) is 2.76. The highest BCUT2D eigenvalue weighted by atomic mass is 32.2. The molecule has 0 spiro atoms. The average molecular weight is 305 g/mol. The van der Waals surface area contributed by atoms with Crippen LogP contribution in [0.15, 0.2) is 49.6 Å². The molecular formula is C15H16FN3OS. The van der Waals surface area contributed by atoms with Crippen molar-refractivity contribution >= 4 is 17.7 Å². The van der Waals surface area contributed by atoms with Crippen LogP contribution in [0, 0.1) is 5.82 Å². The normalized spacial score (nSPS) is 10.3. The lowest BCUT2D eigenvalue weighted by Crippen LogP contribution is -2.24. The molecule has 110 valence electrons. The highest BCUT2D eigenvalue weighted by molar-refractivity contribution is 8.00. The summed E-state index contributed by atoms with van der Waals surface area (Å²) in [6, 6.07) is 4.88. The van der Waals surface area contributed by atoms with E-state index in [-0.39, 0.29) is 11.7 Å². The van der Waals surface area contributed by atoms with Gasteiger partial charge in [0.25, 0.3) is 0 Å². The minimum Gasteiger partial charge on any atom is -0.351 e. The van der Waals surface area contributed by atoms with Crippen molar-refractivity contribution in [2.24, 2.45) is 0 Å². The predicted molar refractivity (Wildman–Crippen MR) is 82.9 cm³/mol. The third kappa shape index (κ3) is 4.46. The molecule has 1 aromatic heterocycles. The predicted octanol–water partition coefficient (Wildman–Crippen LogP) is 2.55. The number of amides is 1. The SMILES string of the molecule is C=CCSCC(=O)NCc1ccc(-n2ccnc2)c(F)c1. The van der Waals surface area contributed by atoms with Gasteiger partial charge in [-0.15, -0.1) is 18.3 Å². The van der Waals surface area contributed by atoms with Crippen molar-refractivity contribution in [3.05, 3.63) is 61.0 Å². The minimum absolute atomic E-state index is 0.0686. The molecule has 2 rings (SSSR count). The van der Waals surface area contributed by atoms with Crippen molar-refractivity contribution in [3.63, 3.8) is 0 Å². The fraction of sp³-hybridized carbons (Fsp3) is 0.200. The van der Waals surface area contributed by atoms with Gasteiger partial charge in [-0.2, -0.15) is 0 Å². The largest absolute Gasteiger partial charge is 0.351 e. The van der Waals surface area contributed by atoms with Gasteiger partial charge in [0.2, 0.25) is 5.91 Å². The summed E-state index contributed by atoms with van der Waals surface area (Å²) in [6.45, 7) is 3.90. The second-order valence-corrected chi connectivity index (χ2v) is 5.37. The van der Waals surface area contributed by atoms with Crippen LogP contribution in [0.5, 0.6) is 0 Å². The van der Waals surface area contributed by atoms with Crippen LogP contribution in [-0.4, -0.2) is 27.0 Å². The van der Waals surface area contributed by atoms with Gasteiger partial charge in [-0.05, 0) is 17.7 Å². The Labute approximate surface area is 127 Å². The Kier molecular flexibility index (Phi) is 5.57. The van der Waals surface area contributed by atoms with Gasteiger partial charge in [0, 0.05) is 24.7 Å². The molecule has 0 saturated carbocycles. The summed E-state index contributed by atoms with van der Waals surface area (Å²) in [6.07, 6.45) is 6.56. The fourth-order valence-electron chi connectivity index (χ4n) is 1.76. The zero-order valence-electron chi connectivity index (χ0n) is 11.5. The number of rotatable bonds is 7. The number of carbonyl (C=O) groups excluding carboxylic acids is 1. The second-order valence-electron chi connectivity index (χ2n) is 4.34. The smallest absolute Gasteiger partial charge is 0.230 e. The number of hydrogen-bond donors (Lipinski definition) is 1. The van der Waals surface area contributed by atoms with Crippen molar-refractivity contribution in [1.29, 1.82) is 0 Å². The molecule has 4 nitrogen and oxygen atoms in total. The van der Waals surface area contributed by atoms with Crippen LogP contribution in [0.25, 0.3) is 5.69 Å². The fourth-order valence-corrected chi connectivity index (χ4v) is 2.33. The first-order valence-electron chi connectivity index (χ1n) is 6.43. The van der Waals surface area contributed by atoms with Crippen molar-refractivity contribution in [2.75, 3.05) is 11.5 Å². The molecule has 1 aromatic carbocycles. The maximum atomic E-state index is 14.0. The first kappa shape index (κ1) is 15.3. The van der Waals surface area contributed by atoms with Crippen LogP contribution in [0.4, 0.5) is 4.39 Å². The number of thioether (sulfide) groups is 1. The molecule has 21 heavy (non-hydrogen) atoms. The number of carbonyl (C=O) groups is 1. The van der Waals surface area contributed by atoms with Gasteiger partial charge >= 0.3 is 0 Å². The van der Waals surface area contributed by atoms with E-state index in [0.717, 1.165) is 11.3 Å². The number of benzene rings is 1. The lowest BCUT2D eigenvalue weighted by molar-refractivity contribution is -0.118. The van der Waals surface area contributed by atoms with Crippen LogP contribution in [0.2, 0.25) is 0 Å². The Morgan fingerprint density at radius 3 is 3.05 bits per heavy atom. The number of aromatic nitrogens is 2. The highest BCUT2D eigenvalue weighted by Crippen LogP contribution is 2.14. The Morgan fingerprint density at radius 1 is 1.52 bits per heavy atom. The van der Waals surface area contributed by atoms with Gasteiger partial charge in [0.05, 0.1) is 17.8 Å². The van der Waals surface area contributed by atoms with E-state index in [1.165, 1.54) is 24.2 Å². The van der Waals surface area contributed by atoms with E-state index in [9.17, 15) is 9.18 Å². The van der Waals surface area contributed by atoms with E-state index >= 15 is 0 Å². The van der Waals surface area contributed by atoms with Gasteiger partial charge in [-0.3, -0.25) is 4.79 Å². The Morgan fingerprint density at radius 2 is 2.38 bits per heavy atom. The third-order valence-corrected chi connectivity index (χ3v) is 3.69. The zero-order valence-corrected chi connectivity index (χ0v) is 12.3. The summed E-state index contributed by atoms with van der Waals surface area (Å²) in [4.78, 5) is 15.4. The molecule has 1 amide bonds. The Hall–Kier alpha value is -2.08. The number of nitrogens with one attached hydrogen (secondary N) is 1. The number of halogens is 1. The molecule has 0 radical (unpaired) electrons. The van der Waals surface area contributed by atoms with Crippen LogP contribution >= 0.6 is 11.8 Å². The van der Waals surface area contributed by atoms with Crippen LogP contribution in [0.1, 0.15) is 5.56 Å². The van der Waals surface area contributed by atoms with Gasteiger partial charge in [-0.1, -0.05) is 12.1 Å². The van der Waals surface area contributed by atoms with Gasteiger partial charge < -0.3 is 9.88 Å². The first-order valence-corrected chi connectivity index (χ1v) is 7.58. The van der Waals surface area contributed by atoms with Crippen LogP contribution < -0.4 is 5.32 Å². The zero-order chi connectivity index (χ0) is 15.1. The maximum absolute atomic E-state index is 14.0. The van der Waals surface area contributed by atoms with Crippen LogP contribution in [0.3, 0.4) is 0 Å². The summed E-state index contributed by atoms with van der Waals surface area (Å²) >= 11 is 1.49. The van der Waals surface area contributed by atoms with E-state index in [0.29, 0.717) is 18.0 Å². The number of hydrogen-bond acceptors (Lipinski definition) is 3. The maximum Gasteiger partial charge on any atom is 0.230 e. The molecule has 1 heterocycles. The summed E-state index contributed by atoms with van der Waals surface area (Å²) in [5.74, 6) is 0.699. The van der Waals surface area contributed by atoms with Crippen molar-refractivity contribution in [2.45, 2.75) is 6.54 Å². The van der Waals surface area contributed by atoms with Crippen molar-refractivity contribution in [1.82, 2.24) is 14.9 Å². The van der Waals surface area contributed by atoms with Gasteiger partial charge in [-0.25, -0.2) is 9.37 Å². The molecule has 0 aliphatic carbocycles. The first-order chi connectivity index (χ1) is 10.2. The molecular weight excluding hydrogens is 289 g/mol. The van der Waals surface area contributed by atoms with Crippen molar-refractivity contribution in [3.8, 4) is 5.69 Å². The Balaban J connectivity index is 1.92. The summed E-state index contributed by atoms with van der Waals surface area (Å²) in [7, 11) is 0. The molecule has 2 aromatic rings. The van der Waals surface area contributed by atoms with E-state index in [1.807, 2.05) is 0 Å². The lowest BCUT2D eigenvalue weighted by Gasteiger charge is -2.08. The Bertz CT molecular complexity index is 613. The second kappa shape index (κ2) is 7.64. The van der Waals surface area contributed by atoms with E-state index < -0.39 is 0 Å². The minimum atomic E-state index is -0.346. The lowest BCUT2D eigenvalue weighted by atomic mass is 10.2. The quantitative estimate of drug-likeness (QED) is 0.632. The standard InChI is InChI=1S/C15H16FN3OS/c1-2-7-21-10-15(20)18-9-12-3-4-14(13(16)8-12)19-6-5-17-11-19/h2-6,8,11H,1,7,9-10H2,(H,18,20). The van der Waals surface area contributed by atoms with Crippen LogP contribution in [-0.2, 0) is 11.3 Å². The number of nitrogens with zero attached hydrogens (tertiary/aromatic N) is 2. The van der Waals surface area contributed by atoms with Gasteiger partial charge in [0.15, 0.2) is 0 Å². The van der Waals surface area contributed by atoms with Gasteiger partial charge in [0.1, 0.15) is 5.82 Å². The van der Waals surface area contributed by atoms with Crippen molar-refractivity contribution < 1.29 is 9.18 Å². The molecule has 0 aliphatic rings. The van der Waals surface area contributed by atoms with E-state index in [1.54, 1.807) is 35.2 Å². The summed E-state index contributed by atoms with van der Waals surface area (Å²) in [5.41, 5.74) is 1.16. The molecule has 0 atom stereocenters. The average Bonchev–Trinajstić information content (AvgIpc) is 2.99. The van der Waals surface area contributed by atoms with E-state index in [2.05, 4.69) is 16.9 Å². The van der Waals surface area contributed by atoms with E-state index in [4.69, 9.17) is 0 Å². The monoisotopic (exact) mass is 305 g/mol. The molecule has 0 fully saturated rings. The molecule has 0 bridgehead atoms. The molecule has 1 N–H and O–H groups in total. The molecule has 6 heteroatoms. The molecule has 0 unspecified atom stereocenters. The molecule has 0 saturated heterocycles. The highest BCUT2D eigenvalue weighted by Gasteiger charge is 2.06.